The van der Waals surface area contributed by atoms with Gasteiger partial charge in [0.2, 0.25) is 11.8 Å². The number of aromatic amines is 1. The van der Waals surface area contributed by atoms with Gasteiger partial charge in [-0.3, -0.25) is 9.88 Å². The minimum atomic E-state index is -2.92. The lowest BCUT2D eigenvalue weighted by Gasteiger charge is -2.41. The maximum absolute atomic E-state index is 12.2. The zero-order valence-electron chi connectivity index (χ0n) is 15.1. The average Bonchev–Trinajstić information content (AvgIpc) is 3.15. The maximum atomic E-state index is 12.2. The molecule has 2 N–H and O–H groups in total. The van der Waals surface area contributed by atoms with Crippen LogP contribution in [0.25, 0.3) is 0 Å². The minimum Gasteiger partial charge on any atom is -0.473 e. The van der Waals surface area contributed by atoms with Crippen LogP contribution in [0.4, 0.5) is 20.4 Å². The molecule has 146 valence electrons. The van der Waals surface area contributed by atoms with Gasteiger partial charge in [-0.1, -0.05) is 6.92 Å². The smallest absolute Gasteiger partial charge is 0.388 e. The lowest BCUT2D eigenvalue weighted by atomic mass is 9.89. The summed E-state index contributed by atoms with van der Waals surface area (Å²) in [6.07, 6.45) is 6.57. The lowest BCUT2D eigenvalue weighted by Crippen LogP contribution is -2.49. The van der Waals surface area contributed by atoms with Gasteiger partial charge >= 0.3 is 6.61 Å². The zero-order valence-corrected chi connectivity index (χ0v) is 15.1. The maximum Gasteiger partial charge on any atom is 0.388 e. The average molecular weight is 380 g/mol. The first-order valence-corrected chi connectivity index (χ1v) is 8.97. The van der Waals surface area contributed by atoms with Gasteiger partial charge in [-0.25, -0.2) is 5.10 Å². The molecule has 0 spiro atoms. The Balaban J connectivity index is 1.41. The summed E-state index contributed by atoms with van der Waals surface area (Å²) in [6, 6.07) is 2.42. The number of ether oxygens (including phenoxy) is 2. The zero-order chi connectivity index (χ0) is 19.0. The van der Waals surface area contributed by atoms with Crippen molar-refractivity contribution in [2.75, 3.05) is 12.4 Å². The number of anilines is 2. The van der Waals surface area contributed by atoms with E-state index in [0.717, 1.165) is 6.42 Å². The minimum absolute atomic E-state index is 0.0969. The van der Waals surface area contributed by atoms with Crippen LogP contribution >= 0.6 is 0 Å². The van der Waals surface area contributed by atoms with Crippen LogP contribution in [-0.2, 0) is 0 Å². The molecule has 4 atom stereocenters. The second-order valence-electron chi connectivity index (χ2n) is 7.08. The normalized spacial score (nSPS) is 27.7. The molecule has 8 nitrogen and oxygen atoms in total. The summed E-state index contributed by atoms with van der Waals surface area (Å²) in [5, 5.41) is 9.11. The highest BCUT2D eigenvalue weighted by Crippen LogP contribution is 2.39. The standard InChI is InChI=1S/C17H22F2N6O2/c1-9-11-4-3-10(25(11)2)5-12(9)26-16-8-20-7-14(22-16)21-13-6-15(24-23-13)27-17(18)19/h6-12,17H,3-5H2,1-2H3,(H2,21,22,23,24)/t9-,10+,11-,12-/m0/s1. The van der Waals surface area contributed by atoms with Gasteiger partial charge in [0.15, 0.2) is 11.6 Å². The first kappa shape index (κ1) is 17.9. The molecule has 0 aliphatic carbocycles. The Morgan fingerprint density at radius 3 is 2.96 bits per heavy atom. The third-order valence-electron chi connectivity index (χ3n) is 5.50. The van der Waals surface area contributed by atoms with Gasteiger partial charge in [-0.2, -0.15) is 18.9 Å². The number of halogens is 2. The largest absolute Gasteiger partial charge is 0.473 e. The van der Waals surface area contributed by atoms with Crippen molar-refractivity contribution in [3.63, 3.8) is 0 Å². The molecule has 0 saturated carbocycles. The van der Waals surface area contributed by atoms with Crippen LogP contribution in [0.2, 0.25) is 0 Å². The summed E-state index contributed by atoms with van der Waals surface area (Å²) < 4.78 is 34.8. The molecule has 0 radical (unpaired) electrons. The van der Waals surface area contributed by atoms with Crippen molar-refractivity contribution in [2.24, 2.45) is 5.92 Å². The second kappa shape index (κ2) is 7.26. The third kappa shape index (κ3) is 3.80. The van der Waals surface area contributed by atoms with Crippen molar-refractivity contribution >= 4 is 11.6 Å². The molecule has 2 aliphatic rings. The van der Waals surface area contributed by atoms with Crippen molar-refractivity contribution < 1.29 is 18.3 Å². The van der Waals surface area contributed by atoms with Gasteiger partial charge in [-0.15, -0.1) is 0 Å². The predicted octanol–water partition coefficient (Wildman–Crippen LogP) is 2.79. The summed E-state index contributed by atoms with van der Waals surface area (Å²) in [4.78, 5) is 11.0. The molecule has 2 aromatic rings. The van der Waals surface area contributed by atoms with Crippen LogP contribution in [0.15, 0.2) is 18.5 Å². The first-order chi connectivity index (χ1) is 13.0. The molecule has 0 amide bonds. The molecule has 2 saturated heterocycles. The van der Waals surface area contributed by atoms with Crippen LogP contribution in [0.1, 0.15) is 26.2 Å². The van der Waals surface area contributed by atoms with E-state index in [4.69, 9.17) is 4.74 Å². The summed E-state index contributed by atoms with van der Waals surface area (Å²) in [7, 11) is 2.19. The summed E-state index contributed by atoms with van der Waals surface area (Å²) in [5.41, 5.74) is 0. The van der Waals surface area contributed by atoms with Crippen LogP contribution < -0.4 is 14.8 Å². The van der Waals surface area contributed by atoms with Crippen molar-refractivity contribution in [3.8, 4) is 11.8 Å². The Bertz CT molecular complexity index is 788. The predicted molar refractivity (Wildman–Crippen MR) is 93.3 cm³/mol. The Labute approximate surface area is 155 Å². The molecule has 2 fully saturated rings. The van der Waals surface area contributed by atoms with E-state index in [1.54, 1.807) is 6.20 Å². The number of H-pyrrole nitrogens is 1. The Morgan fingerprint density at radius 1 is 1.30 bits per heavy atom. The Hall–Kier alpha value is -2.49. The molecular weight excluding hydrogens is 358 g/mol. The van der Waals surface area contributed by atoms with E-state index >= 15 is 0 Å². The first-order valence-electron chi connectivity index (χ1n) is 8.97. The van der Waals surface area contributed by atoms with Crippen molar-refractivity contribution in [2.45, 2.75) is 51.0 Å². The summed E-state index contributed by atoms with van der Waals surface area (Å²) in [5.74, 6) is 1.41. The SMILES string of the molecule is C[C@@H]1[C@@H](Oc2cncc(Nc3cc(OC(F)F)[nH]n3)n2)C[C@H]2CC[C@@H]1N2C. The highest BCUT2D eigenvalue weighted by atomic mass is 19.3. The second-order valence-corrected chi connectivity index (χ2v) is 7.08. The number of fused-ring (bicyclic) bond motifs is 2. The third-order valence-corrected chi connectivity index (χ3v) is 5.50. The Kier molecular flexibility index (Phi) is 4.81. The number of nitrogens with one attached hydrogen (secondary N) is 2. The summed E-state index contributed by atoms with van der Waals surface area (Å²) >= 11 is 0. The quantitative estimate of drug-likeness (QED) is 0.797. The van der Waals surface area contributed by atoms with Gasteiger partial charge in [0.25, 0.3) is 0 Å². The lowest BCUT2D eigenvalue weighted by molar-refractivity contribution is -0.0528. The molecule has 0 unspecified atom stereocenters. The van der Waals surface area contributed by atoms with Crippen LogP contribution in [-0.4, -0.2) is 56.9 Å². The fourth-order valence-corrected chi connectivity index (χ4v) is 4.12. The number of hydrogen-bond acceptors (Lipinski definition) is 7. The molecular formula is C17H22F2N6O2. The molecule has 10 heteroatoms. The molecule has 2 aromatic heterocycles. The van der Waals surface area contributed by atoms with Gasteiger partial charge < -0.3 is 14.8 Å². The summed E-state index contributed by atoms with van der Waals surface area (Å²) in [6.45, 7) is -0.696. The van der Waals surface area contributed by atoms with Crippen LogP contribution in [0.3, 0.4) is 0 Å². The monoisotopic (exact) mass is 380 g/mol. The van der Waals surface area contributed by atoms with E-state index in [0.29, 0.717) is 35.5 Å². The molecule has 27 heavy (non-hydrogen) atoms. The van der Waals surface area contributed by atoms with E-state index in [1.165, 1.54) is 25.1 Å². The number of nitrogens with zero attached hydrogens (tertiary/aromatic N) is 4. The van der Waals surface area contributed by atoms with Crippen molar-refractivity contribution in [1.82, 2.24) is 25.1 Å². The molecule has 2 bridgehead atoms. The van der Waals surface area contributed by atoms with E-state index in [9.17, 15) is 8.78 Å². The van der Waals surface area contributed by atoms with E-state index < -0.39 is 6.61 Å². The van der Waals surface area contributed by atoms with Gasteiger partial charge in [0, 0.05) is 30.5 Å². The van der Waals surface area contributed by atoms with Gasteiger partial charge in [0.1, 0.15) is 6.10 Å². The highest BCUT2D eigenvalue weighted by molar-refractivity contribution is 5.52. The van der Waals surface area contributed by atoms with Crippen molar-refractivity contribution in [3.05, 3.63) is 18.5 Å². The van der Waals surface area contributed by atoms with E-state index in [2.05, 4.69) is 49.1 Å². The molecule has 0 aromatic carbocycles. The van der Waals surface area contributed by atoms with Crippen LogP contribution in [0, 0.1) is 5.92 Å². The fraction of sp³-hybridized carbons (Fsp3) is 0.588. The molecule has 2 aliphatic heterocycles. The Morgan fingerprint density at radius 2 is 2.15 bits per heavy atom. The van der Waals surface area contributed by atoms with Crippen molar-refractivity contribution in [1.29, 1.82) is 0 Å². The van der Waals surface area contributed by atoms with E-state index in [1.807, 2.05) is 0 Å². The van der Waals surface area contributed by atoms with Gasteiger partial charge in [-0.05, 0) is 19.9 Å². The number of aromatic nitrogens is 4. The topological polar surface area (TPSA) is 88.2 Å². The number of hydrogen-bond donors (Lipinski definition) is 2. The van der Waals surface area contributed by atoms with Crippen LogP contribution in [0.5, 0.6) is 11.8 Å². The number of piperidine rings is 1. The van der Waals surface area contributed by atoms with Gasteiger partial charge in [0.05, 0.1) is 12.4 Å². The highest BCUT2D eigenvalue weighted by Gasteiger charge is 2.44. The molecule has 4 heterocycles. The number of alkyl halides is 2. The van der Waals surface area contributed by atoms with E-state index in [-0.39, 0.29) is 12.0 Å². The fourth-order valence-electron chi connectivity index (χ4n) is 4.12. The molecule has 4 rings (SSSR count). The number of rotatable bonds is 6.